The van der Waals surface area contributed by atoms with Crippen molar-refractivity contribution < 1.29 is 14.6 Å². The fourth-order valence-corrected chi connectivity index (χ4v) is 3.07. The van der Waals surface area contributed by atoms with Gasteiger partial charge in [-0.2, -0.15) is 0 Å². The highest BCUT2D eigenvalue weighted by molar-refractivity contribution is 5.79. The summed E-state index contributed by atoms with van der Waals surface area (Å²) in [6.07, 6.45) is 1.24. The molecule has 5 nitrogen and oxygen atoms in total. The quantitative estimate of drug-likeness (QED) is 0.882. The largest absolute Gasteiger partial charge is 0.497 e. The minimum Gasteiger partial charge on any atom is -0.497 e. The topological polar surface area (TPSA) is 53.0 Å². The number of likely N-dealkylation sites (N-methyl/N-ethyl adjacent to an activating group) is 1. The molecule has 1 saturated heterocycles. The molecule has 2 atom stereocenters. The molecule has 0 aliphatic carbocycles. The fraction of sp³-hybridized carbons (Fsp3) is 0.588. The maximum absolute atomic E-state index is 12.5. The predicted octanol–water partition coefficient (Wildman–Crippen LogP) is 1.01. The van der Waals surface area contributed by atoms with Crippen molar-refractivity contribution >= 4 is 5.91 Å². The van der Waals surface area contributed by atoms with Crippen LogP contribution < -0.4 is 4.74 Å². The number of hydrogen-bond donors (Lipinski definition) is 1. The number of amides is 1. The lowest BCUT2D eigenvalue weighted by molar-refractivity contribution is -0.133. The Hall–Kier alpha value is -1.59. The molecule has 0 bridgehead atoms. The summed E-state index contributed by atoms with van der Waals surface area (Å²) in [5, 5.41) is 9.48. The molecular weight excluding hydrogens is 280 g/mol. The van der Waals surface area contributed by atoms with Crippen LogP contribution in [0.2, 0.25) is 0 Å². The molecule has 1 aromatic carbocycles. The van der Waals surface area contributed by atoms with Gasteiger partial charge in [-0.1, -0.05) is 12.1 Å². The number of nitrogens with zero attached hydrogens (tertiary/aromatic N) is 2. The standard InChI is InChI=1S/C17H26N2O3/c1-18(2)16-11-19(8-7-14(16)12-20)17(21)10-13-5-4-6-15(9-13)22-3/h4-6,9,14,16,20H,7-8,10-12H2,1-3H3/t14-,16-/m1/s1. The van der Waals surface area contributed by atoms with Crippen LogP contribution in [0.4, 0.5) is 0 Å². The van der Waals surface area contributed by atoms with Gasteiger partial charge < -0.3 is 19.6 Å². The van der Waals surface area contributed by atoms with Crippen molar-refractivity contribution in [1.29, 1.82) is 0 Å². The third-order valence-electron chi connectivity index (χ3n) is 4.46. The zero-order chi connectivity index (χ0) is 16.1. The van der Waals surface area contributed by atoms with Gasteiger partial charge in [0, 0.05) is 31.7 Å². The molecule has 22 heavy (non-hydrogen) atoms. The molecule has 1 N–H and O–H groups in total. The molecule has 0 spiro atoms. The smallest absolute Gasteiger partial charge is 0.227 e. The number of carbonyl (C=O) groups excluding carboxylic acids is 1. The van der Waals surface area contributed by atoms with Crippen molar-refractivity contribution in [3.05, 3.63) is 29.8 Å². The molecule has 0 unspecified atom stereocenters. The molecule has 1 aliphatic heterocycles. The number of piperidine rings is 1. The van der Waals surface area contributed by atoms with Gasteiger partial charge in [-0.05, 0) is 38.2 Å². The monoisotopic (exact) mass is 306 g/mol. The first kappa shape index (κ1) is 16.8. The number of carbonyl (C=O) groups is 1. The average Bonchev–Trinajstić information content (AvgIpc) is 2.54. The minimum absolute atomic E-state index is 0.136. The Morgan fingerprint density at radius 3 is 2.86 bits per heavy atom. The summed E-state index contributed by atoms with van der Waals surface area (Å²) in [5.74, 6) is 1.16. The summed E-state index contributed by atoms with van der Waals surface area (Å²) in [5.41, 5.74) is 0.968. The first-order valence-corrected chi connectivity index (χ1v) is 7.73. The summed E-state index contributed by atoms with van der Waals surface area (Å²) in [6.45, 7) is 1.58. The van der Waals surface area contributed by atoms with Gasteiger partial charge >= 0.3 is 0 Å². The minimum atomic E-state index is 0.136. The molecular formula is C17H26N2O3. The van der Waals surface area contributed by atoms with Gasteiger partial charge in [0.15, 0.2) is 0 Å². The van der Waals surface area contributed by atoms with E-state index >= 15 is 0 Å². The Morgan fingerprint density at radius 2 is 2.23 bits per heavy atom. The number of ether oxygens (including phenoxy) is 1. The van der Waals surface area contributed by atoms with Crippen LogP contribution in [0.25, 0.3) is 0 Å². The predicted molar refractivity (Wildman–Crippen MR) is 85.9 cm³/mol. The molecule has 1 aromatic rings. The summed E-state index contributed by atoms with van der Waals surface area (Å²) < 4.78 is 5.20. The summed E-state index contributed by atoms with van der Waals surface area (Å²) in [4.78, 5) is 16.6. The molecule has 0 radical (unpaired) electrons. The number of hydrogen-bond acceptors (Lipinski definition) is 4. The number of rotatable bonds is 5. The normalized spacial score (nSPS) is 22.0. The lowest BCUT2D eigenvalue weighted by Crippen LogP contribution is -2.53. The van der Waals surface area contributed by atoms with E-state index in [9.17, 15) is 9.90 Å². The third-order valence-corrected chi connectivity index (χ3v) is 4.46. The SMILES string of the molecule is COc1cccc(CC(=O)N2CC[C@H](CO)[C@H](N(C)C)C2)c1. The number of aliphatic hydroxyl groups excluding tert-OH is 1. The van der Waals surface area contributed by atoms with Crippen LogP contribution >= 0.6 is 0 Å². The van der Waals surface area contributed by atoms with Gasteiger partial charge in [-0.25, -0.2) is 0 Å². The highest BCUT2D eigenvalue weighted by Gasteiger charge is 2.32. The zero-order valence-electron chi connectivity index (χ0n) is 13.7. The van der Waals surface area contributed by atoms with Crippen LogP contribution in [0.1, 0.15) is 12.0 Å². The lowest BCUT2D eigenvalue weighted by Gasteiger charge is -2.41. The molecule has 5 heteroatoms. The average molecular weight is 306 g/mol. The Bertz CT molecular complexity index is 504. The van der Waals surface area contributed by atoms with Crippen LogP contribution in [-0.2, 0) is 11.2 Å². The van der Waals surface area contributed by atoms with Crippen molar-refractivity contribution in [1.82, 2.24) is 9.80 Å². The summed E-state index contributed by atoms with van der Waals surface area (Å²) in [7, 11) is 5.63. The second-order valence-corrected chi connectivity index (χ2v) is 6.13. The third kappa shape index (κ3) is 3.99. The van der Waals surface area contributed by atoms with Gasteiger partial charge in [0.25, 0.3) is 0 Å². The van der Waals surface area contributed by atoms with Crippen molar-refractivity contribution in [2.75, 3.05) is 40.9 Å². The van der Waals surface area contributed by atoms with Gasteiger partial charge in [-0.3, -0.25) is 4.79 Å². The number of aliphatic hydroxyl groups is 1. The van der Waals surface area contributed by atoms with E-state index in [1.807, 2.05) is 43.3 Å². The summed E-state index contributed by atoms with van der Waals surface area (Å²) in [6, 6.07) is 7.85. The van der Waals surface area contributed by atoms with E-state index in [0.29, 0.717) is 13.0 Å². The van der Waals surface area contributed by atoms with Crippen LogP contribution in [0.3, 0.4) is 0 Å². The maximum atomic E-state index is 12.5. The molecule has 0 aromatic heterocycles. The van der Waals surface area contributed by atoms with Gasteiger partial charge in [-0.15, -0.1) is 0 Å². The Balaban J connectivity index is 2.00. The van der Waals surface area contributed by atoms with E-state index < -0.39 is 0 Å². The van der Waals surface area contributed by atoms with E-state index in [1.165, 1.54) is 0 Å². The first-order chi connectivity index (χ1) is 10.5. The van der Waals surface area contributed by atoms with E-state index in [-0.39, 0.29) is 24.5 Å². The van der Waals surface area contributed by atoms with Gasteiger partial charge in [0.2, 0.25) is 5.91 Å². The maximum Gasteiger partial charge on any atom is 0.227 e. The second-order valence-electron chi connectivity index (χ2n) is 6.13. The number of likely N-dealkylation sites (tertiary alicyclic amines) is 1. The molecule has 1 amide bonds. The van der Waals surface area contributed by atoms with E-state index in [1.54, 1.807) is 7.11 Å². The summed E-state index contributed by atoms with van der Waals surface area (Å²) >= 11 is 0. The van der Waals surface area contributed by atoms with Gasteiger partial charge in [0.1, 0.15) is 5.75 Å². The van der Waals surface area contributed by atoms with Crippen LogP contribution in [0, 0.1) is 5.92 Å². The van der Waals surface area contributed by atoms with E-state index in [0.717, 1.165) is 24.3 Å². The van der Waals surface area contributed by atoms with Crippen molar-refractivity contribution in [3.8, 4) is 5.75 Å². The zero-order valence-corrected chi connectivity index (χ0v) is 13.7. The molecule has 1 fully saturated rings. The highest BCUT2D eigenvalue weighted by Crippen LogP contribution is 2.22. The van der Waals surface area contributed by atoms with E-state index in [4.69, 9.17) is 4.74 Å². The van der Waals surface area contributed by atoms with Crippen molar-refractivity contribution in [2.45, 2.75) is 18.9 Å². The molecule has 1 heterocycles. The van der Waals surface area contributed by atoms with Crippen LogP contribution in [0.5, 0.6) is 5.75 Å². The van der Waals surface area contributed by atoms with Gasteiger partial charge in [0.05, 0.1) is 13.5 Å². The molecule has 0 saturated carbocycles. The highest BCUT2D eigenvalue weighted by atomic mass is 16.5. The van der Waals surface area contributed by atoms with E-state index in [2.05, 4.69) is 4.90 Å². The van der Waals surface area contributed by atoms with Crippen molar-refractivity contribution in [2.24, 2.45) is 5.92 Å². The fourth-order valence-electron chi connectivity index (χ4n) is 3.07. The molecule has 1 aliphatic rings. The van der Waals surface area contributed by atoms with Crippen molar-refractivity contribution in [3.63, 3.8) is 0 Å². The number of benzene rings is 1. The lowest BCUT2D eigenvalue weighted by atomic mass is 9.91. The Kier molecular flexibility index (Phi) is 5.80. The molecule has 2 rings (SSSR count). The number of methoxy groups -OCH3 is 1. The molecule has 122 valence electrons. The van der Waals surface area contributed by atoms with Crippen LogP contribution in [0.15, 0.2) is 24.3 Å². The first-order valence-electron chi connectivity index (χ1n) is 7.73. The van der Waals surface area contributed by atoms with Crippen LogP contribution in [-0.4, -0.2) is 67.8 Å². The Labute approximate surface area is 132 Å². The second kappa shape index (κ2) is 7.61. The Morgan fingerprint density at radius 1 is 1.45 bits per heavy atom.